The lowest BCUT2D eigenvalue weighted by molar-refractivity contribution is -0.128. The van der Waals surface area contributed by atoms with Gasteiger partial charge in [0.1, 0.15) is 5.69 Å². The third kappa shape index (κ3) is 5.59. The van der Waals surface area contributed by atoms with Gasteiger partial charge in [-0.3, -0.25) is 19.9 Å². The highest BCUT2D eigenvalue weighted by atomic mass is 35.5. The molecule has 10 heteroatoms. The number of H-pyrrole nitrogens is 1. The van der Waals surface area contributed by atoms with Crippen molar-refractivity contribution in [2.45, 2.75) is 47.6 Å². The zero-order chi connectivity index (χ0) is 25.2. The fourth-order valence-electron chi connectivity index (χ4n) is 3.21. The lowest BCUT2D eigenvalue weighted by Gasteiger charge is -2.18. The van der Waals surface area contributed by atoms with E-state index in [9.17, 15) is 18.4 Å². The normalized spacial score (nSPS) is 11.6. The van der Waals surface area contributed by atoms with E-state index in [4.69, 9.17) is 11.6 Å². The van der Waals surface area contributed by atoms with Gasteiger partial charge in [0, 0.05) is 29.4 Å². The van der Waals surface area contributed by atoms with E-state index in [0.29, 0.717) is 27.5 Å². The van der Waals surface area contributed by atoms with E-state index in [-0.39, 0.29) is 24.0 Å². The Morgan fingerprint density at radius 3 is 2.56 bits per heavy atom. The number of hydrogen-bond acceptors (Lipinski definition) is 4. The second-order valence-electron chi connectivity index (χ2n) is 8.96. The number of rotatable bonds is 6. The van der Waals surface area contributed by atoms with Crippen LogP contribution in [0, 0.1) is 19.3 Å². The molecule has 34 heavy (non-hydrogen) atoms. The summed E-state index contributed by atoms with van der Waals surface area (Å²) in [5.74, 6) is -0.936. The number of carbonyl (C=O) groups excluding carboxylic acids is 2. The zero-order valence-corrected chi connectivity index (χ0v) is 20.3. The van der Waals surface area contributed by atoms with E-state index in [0.717, 1.165) is 5.56 Å². The SMILES string of the molecule is Cc1cccc(-c2nc(NC(=O)c3cc(CNC(=O)C(C)(C)C)cnc3C(F)F)[nH]c2C)c1Cl. The summed E-state index contributed by atoms with van der Waals surface area (Å²) in [6, 6.07) is 6.80. The van der Waals surface area contributed by atoms with Gasteiger partial charge < -0.3 is 10.3 Å². The van der Waals surface area contributed by atoms with Crippen LogP contribution in [0.2, 0.25) is 5.02 Å². The van der Waals surface area contributed by atoms with E-state index >= 15 is 0 Å². The maximum absolute atomic E-state index is 13.6. The van der Waals surface area contributed by atoms with Crippen LogP contribution in [0.25, 0.3) is 11.3 Å². The first kappa shape index (κ1) is 25.3. The number of nitrogens with one attached hydrogen (secondary N) is 3. The Morgan fingerprint density at radius 2 is 1.91 bits per heavy atom. The summed E-state index contributed by atoms with van der Waals surface area (Å²) in [6.45, 7) is 8.94. The van der Waals surface area contributed by atoms with Crippen molar-refractivity contribution in [3.8, 4) is 11.3 Å². The molecule has 2 heterocycles. The molecule has 3 aromatic rings. The molecule has 0 radical (unpaired) electrons. The lowest BCUT2D eigenvalue weighted by atomic mass is 9.95. The Bertz CT molecular complexity index is 1230. The molecular weight excluding hydrogens is 464 g/mol. The molecule has 0 saturated carbocycles. The standard InChI is InChI=1S/C24H26ClF2N5O2/c1-12-7-6-8-15(17(12)25)18-13(2)30-23(31-18)32-21(33)16-9-14(10-28-19(16)20(26)27)11-29-22(34)24(3,4)5/h6-10,20H,11H2,1-5H3,(H,29,34)(H2,30,31,32,33). The number of aromatic amines is 1. The number of aromatic nitrogens is 3. The molecule has 180 valence electrons. The van der Waals surface area contributed by atoms with Gasteiger partial charge in [-0.2, -0.15) is 0 Å². The van der Waals surface area contributed by atoms with E-state index in [1.54, 1.807) is 33.8 Å². The van der Waals surface area contributed by atoms with Crippen molar-refractivity contribution in [1.82, 2.24) is 20.3 Å². The average Bonchev–Trinajstić information content (AvgIpc) is 3.12. The van der Waals surface area contributed by atoms with Crippen LogP contribution in [0.15, 0.2) is 30.5 Å². The smallest absolute Gasteiger partial charge is 0.281 e. The van der Waals surface area contributed by atoms with Crippen LogP contribution >= 0.6 is 11.6 Å². The number of hydrogen-bond donors (Lipinski definition) is 3. The Balaban J connectivity index is 1.86. The summed E-state index contributed by atoms with van der Waals surface area (Å²) in [5.41, 5.74) is 1.57. The largest absolute Gasteiger partial charge is 0.352 e. The van der Waals surface area contributed by atoms with Gasteiger partial charge in [-0.05, 0) is 31.0 Å². The highest BCUT2D eigenvalue weighted by molar-refractivity contribution is 6.34. The number of carbonyl (C=O) groups is 2. The van der Waals surface area contributed by atoms with Crippen molar-refractivity contribution in [3.63, 3.8) is 0 Å². The van der Waals surface area contributed by atoms with Crippen LogP contribution in [0.4, 0.5) is 14.7 Å². The number of pyridine rings is 1. The fraction of sp³-hybridized carbons (Fsp3) is 0.333. The Kier molecular flexibility index (Phi) is 7.35. The molecule has 0 aliphatic carbocycles. The van der Waals surface area contributed by atoms with Gasteiger partial charge in [0.05, 0.1) is 16.3 Å². The average molecular weight is 490 g/mol. The second-order valence-corrected chi connectivity index (χ2v) is 9.34. The summed E-state index contributed by atoms with van der Waals surface area (Å²) in [4.78, 5) is 36.1. The summed E-state index contributed by atoms with van der Waals surface area (Å²) in [5, 5.41) is 5.77. The molecule has 0 saturated heterocycles. The molecular formula is C24H26ClF2N5O2. The maximum atomic E-state index is 13.6. The van der Waals surface area contributed by atoms with E-state index < -0.39 is 23.4 Å². The number of amides is 2. The zero-order valence-electron chi connectivity index (χ0n) is 19.5. The summed E-state index contributed by atoms with van der Waals surface area (Å²) in [7, 11) is 0. The van der Waals surface area contributed by atoms with E-state index in [1.807, 2.05) is 19.1 Å². The van der Waals surface area contributed by atoms with Crippen LogP contribution < -0.4 is 10.6 Å². The summed E-state index contributed by atoms with van der Waals surface area (Å²) >= 11 is 6.40. The van der Waals surface area contributed by atoms with Crippen molar-refractivity contribution in [3.05, 3.63) is 63.6 Å². The van der Waals surface area contributed by atoms with Gasteiger partial charge in [-0.1, -0.05) is 50.6 Å². The molecule has 1 aromatic carbocycles. The fourth-order valence-corrected chi connectivity index (χ4v) is 3.42. The van der Waals surface area contributed by atoms with Crippen molar-refractivity contribution >= 4 is 29.4 Å². The molecule has 2 amide bonds. The quantitative estimate of drug-likeness (QED) is 0.420. The number of imidazole rings is 1. The highest BCUT2D eigenvalue weighted by Crippen LogP contribution is 2.32. The van der Waals surface area contributed by atoms with Gasteiger partial charge in [0.2, 0.25) is 11.9 Å². The molecule has 3 rings (SSSR count). The number of alkyl halides is 2. The molecule has 0 atom stereocenters. The molecule has 0 bridgehead atoms. The van der Waals surface area contributed by atoms with Crippen molar-refractivity contribution in [2.24, 2.45) is 5.41 Å². The van der Waals surface area contributed by atoms with E-state index in [2.05, 4.69) is 25.6 Å². The van der Waals surface area contributed by atoms with Crippen molar-refractivity contribution in [2.75, 3.05) is 5.32 Å². The second kappa shape index (κ2) is 9.89. The Labute approximate surface area is 201 Å². The minimum Gasteiger partial charge on any atom is -0.352 e. The molecule has 7 nitrogen and oxygen atoms in total. The van der Waals surface area contributed by atoms with Crippen molar-refractivity contribution in [1.29, 1.82) is 0 Å². The third-order valence-electron chi connectivity index (χ3n) is 5.12. The van der Waals surface area contributed by atoms with Crippen molar-refractivity contribution < 1.29 is 18.4 Å². The first-order valence-electron chi connectivity index (χ1n) is 10.6. The minimum atomic E-state index is -2.96. The molecule has 0 unspecified atom stereocenters. The summed E-state index contributed by atoms with van der Waals surface area (Å²) in [6.07, 6.45) is -1.74. The monoisotopic (exact) mass is 489 g/mol. The molecule has 0 fully saturated rings. The van der Waals surface area contributed by atoms with E-state index in [1.165, 1.54) is 12.3 Å². The van der Waals surface area contributed by atoms with Gasteiger partial charge in [-0.25, -0.2) is 13.8 Å². The van der Waals surface area contributed by atoms with Crippen LogP contribution in [0.3, 0.4) is 0 Å². The predicted molar refractivity (Wildman–Crippen MR) is 127 cm³/mol. The van der Waals surface area contributed by atoms with Gasteiger partial charge in [-0.15, -0.1) is 0 Å². The van der Waals surface area contributed by atoms with Gasteiger partial charge in [0.15, 0.2) is 0 Å². The molecule has 3 N–H and O–H groups in total. The Morgan fingerprint density at radius 1 is 1.21 bits per heavy atom. The predicted octanol–water partition coefficient (Wildman–Crippen LogP) is 5.59. The molecule has 0 spiro atoms. The molecule has 2 aromatic heterocycles. The Hall–Kier alpha value is -3.33. The number of anilines is 1. The number of aryl methyl sites for hydroxylation is 2. The van der Waals surface area contributed by atoms with Crippen LogP contribution in [-0.4, -0.2) is 26.8 Å². The van der Waals surface area contributed by atoms with Crippen LogP contribution in [-0.2, 0) is 11.3 Å². The number of halogens is 3. The maximum Gasteiger partial charge on any atom is 0.281 e. The third-order valence-corrected chi connectivity index (χ3v) is 5.63. The lowest BCUT2D eigenvalue weighted by Crippen LogP contribution is -2.34. The number of nitrogens with zero attached hydrogens (tertiary/aromatic N) is 2. The highest BCUT2D eigenvalue weighted by Gasteiger charge is 2.24. The summed E-state index contributed by atoms with van der Waals surface area (Å²) < 4.78 is 27.1. The topological polar surface area (TPSA) is 99.8 Å². The molecule has 0 aliphatic rings. The van der Waals surface area contributed by atoms with Gasteiger partial charge >= 0.3 is 0 Å². The van der Waals surface area contributed by atoms with Crippen LogP contribution in [0.1, 0.15) is 60.1 Å². The first-order chi connectivity index (χ1) is 15.9. The first-order valence-corrected chi connectivity index (χ1v) is 10.9. The number of benzene rings is 1. The molecule has 0 aliphatic heterocycles. The van der Waals surface area contributed by atoms with Gasteiger partial charge in [0.25, 0.3) is 12.3 Å². The minimum absolute atomic E-state index is 0.0444. The van der Waals surface area contributed by atoms with Crippen LogP contribution in [0.5, 0.6) is 0 Å².